The van der Waals surface area contributed by atoms with Crippen molar-refractivity contribution in [3.8, 4) is 11.5 Å². The molecule has 0 radical (unpaired) electrons. The smallest absolute Gasteiger partial charge is 0.347 e. The number of halogens is 1. The molecule has 1 unspecified atom stereocenters. The van der Waals surface area contributed by atoms with Crippen LogP contribution in [0, 0.1) is 3.57 Å². The van der Waals surface area contributed by atoms with Gasteiger partial charge in [0.15, 0.2) is 12.7 Å². The monoisotopic (exact) mass is 455 g/mol. The van der Waals surface area contributed by atoms with Crippen molar-refractivity contribution in [1.29, 1.82) is 0 Å². The lowest BCUT2D eigenvalue weighted by atomic mass is 10.3. The number of amides is 1. The van der Waals surface area contributed by atoms with Gasteiger partial charge in [-0.15, -0.1) is 0 Å². The maximum absolute atomic E-state index is 11.9. The summed E-state index contributed by atoms with van der Waals surface area (Å²) in [6.07, 6.45) is -0.835. The van der Waals surface area contributed by atoms with Crippen LogP contribution in [-0.2, 0) is 14.3 Å². The van der Waals surface area contributed by atoms with Crippen LogP contribution in [0.4, 0.5) is 5.69 Å². The van der Waals surface area contributed by atoms with Gasteiger partial charge in [-0.1, -0.05) is 12.1 Å². The fourth-order valence-electron chi connectivity index (χ4n) is 1.91. The van der Waals surface area contributed by atoms with Gasteiger partial charge in [0, 0.05) is 3.57 Å². The summed E-state index contributed by atoms with van der Waals surface area (Å²) in [6.45, 7) is 1.19. The lowest BCUT2D eigenvalue weighted by Gasteiger charge is -2.14. The molecule has 0 heterocycles. The first-order chi connectivity index (χ1) is 12.0. The topological polar surface area (TPSA) is 73.9 Å². The van der Waals surface area contributed by atoms with E-state index >= 15 is 0 Å². The molecule has 6 nitrogen and oxygen atoms in total. The van der Waals surface area contributed by atoms with Gasteiger partial charge in [-0.2, -0.15) is 0 Å². The zero-order valence-electron chi connectivity index (χ0n) is 13.8. The molecule has 0 saturated heterocycles. The number of nitrogens with one attached hydrogen (secondary N) is 1. The molecule has 1 amide bonds. The van der Waals surface area contributed by atoms with Gasteiger partial charge in [-0.25, -0.2) is 4.79 Å². The number of carbonyl (C=O) groups excluding carboxylic acids is 2. The summed E-state index contributed by atoms with van der Waals surface area (Å²) in [5.41, 5.74) is 0.673. The van der Waals surface area contributed by atoms with Crippen LogP contribution in [0.1, 0.15) is 6.92 Å². The van der Waals surface area contributed by atoms with Crippen LogP contribution in [0.2, 0.25) is 0 Å². The van der Waals surface area contributed by atoms with Gasteiger partial charge in [-0.3, -0.25) is 4.79 Å². The quantitative estimate of drug-likeness (QED) is 0.513. The average Bonchev–Trinajstić information content (AvgIpc) is 2.62. The molecular weight excluding hydrogens is 437 g/mol. The molecule has 7 heteroatoms. The van der Waals surface area contributed by atoms with Gasteiger partial charge in [0.25, 0.3) is 5.91 Å². The van der Waals surface area contributed by atoms with E-state index in [1.54, 1.807) is 44.4 Å². The van der Waals surface area contributed by atoms with Gasteiger partial charge in [0.1, 0.15) is 11.5 Å². The summed E-state index contributed by atoms with van der Waals surface area (Å²) in [4.78, 5) is 23.8. The second-order valence-electron chi connectivity index (χ2n) is 5.07. The van der Waals surface area contributed by atoms with Gasteiger partial charge >= 0.3 is 5.97 Å². The Labute approximate surface area is 159 Å². The number of methoxy groups -OCH3 is 1. The largest absolute Gasteiger partial charge is 0.497 e. The normalized spacial score (nSPS) is 11.3. The summed E-state index contributed by atoms with van der Waals surface area (Å²) in [5, 5.41) is 2.69. The van der Waals surface area contributed by atoms with Crippen LogP contribution in [0.5, 0.6) is 11.5 Å². The Bertz CT molecular complexity index is 733. The van der Waals surface area contributed by atoms with Crippen LogP contribution < -0.4 is 14.8 Å². The van der Waals surface area contributed by atoms with Crippen molar-refractivity contribution in [3.05, 3.63) is 52.1 Å². The molecule has 25 heavy (non-hydrogen) atoms. The molecule has 132 valence electrons. The maximum Gasteiger partial charge on any atom is 0.347 e. The second kappa shape index (κ2) is 9.26. The van der Waals surface area contributed by atoms with Crippen molar-refractivity contribution < 1.29 is 23.8 Å². The highest BCUT2D eigenvalue weighted by Gasteiger charge is 2.18. The standard InChI is InChI=1S/C18H18INO5/c1-12(25-14-9-7-13(23-2)8-10-14)18(22)24-11-17(21)20-16-6-4-3-5-15(16)19/h3-10,12H,11H2,1-2H3,(H,20,21). The first-order valence-corrected chi connectivity index (χ1v) is 8.59. The first kappa shape index (κ1) is 19.0. The Morgan fingerprint density at radius 1 is 1.08 bits per heavy atom. The van der Waals surface area contributed by atoms with Crippen LogP contribution >= 0.6 is 22.6 Å². The molecule has 0 aromatic heterocycles. The summed E-state index contributed by atoms with van der Waals surface area (Å²) in [6, 6.07) is 14.2. The molecule has 1 N–H and O–H groups in total. The van der Waals surface area contributed by atoms with Crippen molar-refractivity contribution in [2.45, 2.75) is 13.0 Å². The molecule has 2 aromatic rings. The lowest BCUT2D eigenvalue weighted by Crippen LogP contribution is -2.29. The van der Waals surface area contributed by atoms with E-state index in [2.05, 4.69) is 27.9 Å². The molecule has 2 aromatic carbocycles. The summed E-state index contributed by atoms with van der Waals surface area (Å²) < 4.78 is 16.4. The highest BCUT2D eigenvalue weighted by molar-refractivity contribution is 14.1. The Morgan fingerprint density at radius 3 is 2.36 bits per heavy atom. The molecule has 0 aliphatic heterocycles. The van der Waals surface area contributed by atoms with E-state index < -0.39 is 18.0 Å². The zero-order chi connectivity index (χ0) is 18.2. The minimum absolute atomic E-state index is 0.375. The first-order valence-electron chi connectivity index (χ1n) is 7.51. The summed E-state index contributed by atoms with van der Waals surface area (Å²) >= 11 is 2.11. The average molecular weight is 455 g/mol. The molecule has 0 aliphatic carbocycles. The van der Waals surface area contributed by atoms with Crippen molar-refractivity contribution >= 4 is 40.2 Å². The predicted molar refractivity (Wildman–Crippen MR) is 102 cm³/mol. The van der Waals surface area contributed by atoms with Gasteiger partial charge < -0.3 is 19.5 Å². The van der Waals surface area contributed by atoms with E-state index in [4.69, 9.17) is 14.2 Å². The number of carbonyl (C=O) groups is 2. The Balaban J connectivity index is 1.80. The highest BCUT2D eigenvalue weighted by Crippen LogP contribution is 2.19. The van der Waals surface area contributed by atoms with Crippen molar-refractivity contribution in [1.82, 2.24) is 0 Å². The molecular formula is C18H18INO5. The third-order valence-corrected chi connectivity index (χ3v) is 4.14. The number of ether oxygens (including phenoxy) is 3. The number of rotatable bonds is 7. The van der Waals surface area contributed by atoms with E-state index in [-0.39, 0.29) is 6.61 Å². The molecule has 0 fully saturated rings. The van der Waals surface area contributed by atoms with Crippen molar-refractivity contribution in [2.75, 3.05) is 19.0 Å². The van der Waals surface area contributed by atoms with E-state index in [9.17, 15) is 9.59 Å². The van der Waals surface area contributed by atoms with E-state index in [1.165, 1.54) is 0 Å². The van der Waals surface area contributed by atoms with Gasteiger partial charge in [-0.05, 0) is 65.9 Å². The number of hydrogen-bond donors (Lipinski definition) is 1. The highest BCUT2D eigenvalue weighted by atomic mass is 127. The fourth-order valence-corrected chi connectivity index (χ4v) is 2.43. The molecule has 0 bridgehead atoms. The van der Waals surface area contributed by atoms with Gasteiger partial charge in [0.2, 0.25) is 0 Å². The third kappa shape index (κ3) is 5.93. The summed E-state index contributed by atoms with van der Waals surface area (Å²) in [5.74, 6) is 0.172. The van der Waals surface area contributed by atoms with E-state index in [1.807, 2.05) is 18.2 Å². The molecule has 0 saturated carbocycles. The van der Waals surface area contributed by atoms with Crippen LogP contribution in [0.15, 0.2) is 48.5 Å². The third-order valence-electron chi connectivity index (χ3n) is 3.20. The number of hydrogen-bond acceptors (Lipinski definition) is 5. The second-order valence-corrected chi connectivity index (χ2v) is 6.23. The predicted octanol–water partition coefficient (Wildman–Crippen LogP) is 3.25. The Hall–Kier alpha value is -2.29. The van der Waals surface area contributed by atoms with Crippen molar-refractivity contribution in [2.24, 2.45) is 0 Å². The molecule has 1 atom stereocenters. The maximum atomic E-state index is 11.9. The number of para-hydroxylation sites is 1. The number of benzene rings is 2. The Morgan fingerprint density at radius 2 is 1.72 bits per heavy atom. The van der Waals surface area contributed by atoms with E-state index in [0.29, 0.717) is 17.2 Å². The van der Waals surface area contributed by atoms with Crippen molar-refractivity contribution in [3.63, 3.8) is 0 Å². The van der Waals surface area contributed by atoms with Crippen LogP contribution in [-0.4, -0.2) is 31.7 Å². The number of anilines is 1. The number of esters is 1. The van der Waals surface area contributed by atoms with Crippen LogP contribution in [0.3, 0.4) is 0 Å². The van der Waals surface area contributed by atoms with Crippen LogP contribution in [0.25, 0.3) is 0 Å². The minimum atomic E-state index is -0.835. The van der Waals surface area contributed by atoms with E-state index in [0.717, 1.165) is 3.57 Å². The zero-order valence-corrected chi connectivity index (χ0v) is 16.0. The fraction of sp³-hybridized carbons (Fsp3) is 0.222. The van der Waals surface area contributed by atoms with Gasteiger partial charge in [0.05, 0.1) is 12.8 Å². The molecule has 0 aliphatic rings. The molecule has 2 rings (SSSR count). The Kier molecular flexibility index (Phi) is 7.05. The minimum Gasteiger partial charge on any atom is -0.497 e. The lowest BCUT2D eigenvalue weighted by molar-refractivity contribution is -0.153. The molecule has 0 spiro atoms. The summed E-state index contributed by atoms with van der Waals surface area (Å²) in [7, 11) is 1.57. The SMILES string of the molecule is COc1ccc(OC(C)C(=O)OCC(=O)Nc2ccccc2I)cc1.